The molecule has 0 saturated carbocycles. The second kappa shape index (κ2) is 9.60. The first-order chi connectivity index (χ1) is 12.5. The molecule has 0 amide bonds. The molecule has 0 aliphatic heterocycles. The molecule has 0 heterocycles. The van der Waals surface area contributed by atoms with E-state index in [1.54, 1.807) is 6.07 Å². The van der Waals surface area contributed by atoms with Crippen LogP contribution in [0, 0.1) is 13.8 Å². The lowest BCUT2D eigenvalue weighted by Crippen LogP contribution is -2.06. The predicted molar refractivity (Wildman–Crippen MR) is 94.6 cm³/mol. The molecule has 140 valence electrons. The second-order valence-corrected chi connectivity index (χ2v) is 5.43. The Morgan fingerprint density at radius 3 is 2.42 bits per heavy atom. The lowest BCUT2D eigenvalue weighted by molar-refractivity contribution is -0.0512. The van der Waals surface area contributed by atoms with Crippen LogP contribution in [0.1, 0.15) is 16.7 Å². The molecule has 5 nitrogen and oxygen atoms in total. The van der Waals surface area contributed by atoms with Crippen LogP contribution in [0.25, 0.3) is 0 Å². The van der Waals surface area contributed by atoms with Crippen molar-refractivity contribution in [2.24, 2.45) is 5.16 Å². The molecule has 0 N–H and O–H groups in total. The smallest absolute Gasteiger partial charge is 0.387 e. The number of methoxy groups -OCH3 is 1. The van der Waals surface area contributed by atoms with Crippen LogP contribution in [0.5, 0.6) is 17.2 Å². The zero-order chi connectivity index (χ0) is 18.9. The summed E-state index contributed by atoms with van der Waals surface area (Å²) < 4.78 is 39.7. The van der Waals surface area contributed by atoms with Crippen molar-refractivity contribution in [2.75, 3.05) is 20.3 Å². The molecule has 0 spiro atoms. The van der Waals surface area contributed by atoms with Gasteiger partial charge in [0.15, 0.2) is 18.1 Å². The van der Waals surface area contributed by atoms with E-state index in [2.05, 4.69) is 9.89 Å². The summed E-state index contributed by atoms with van der Waals surface area (Å²) in [4.78, 5) is 5.16. The number of hydrogen-bond donors (Lipinski definition) is 0. The van der Waals surface area contributed by atoms with Crippen LogP contribution in [0.4, 0.5) is 8.78 Å². The standard InChI is InChI=1S/C19H21F2NO4/c1-13-5-4-6-14(2)18(13)24-9-10-25-22-12-15-7-8-16(26-19(20)21)17(11-15)23-3/h4-8,11-12,19H,9-10H2,1-3H3. The number of hydrogen-bond acceptors (Lipinski definition) is 5. The van der Waals surface area contributed by atoms with Crippen LogP contribution >= 0.6 is 0 Å². The third kappa shape index (κ3) is 5.61. The van der Waals surface area contributed by atoms with Gasteiger partial charge in [0.1, 0.15) is 12.4 Å². The maximum absolute atomic E-state index is 12.3. The number of para-hydroxylation sites is 1. The molecule has 2 aromatic rings. The molecule has 0 atom stereocenters. The van der Waals surface area contributed by atoms with Gasteiger partial charge in [0.05, 0.1) is 13.3 Å². The maximum Gasteiger partial charge on any atom is 0.387 e. The number of oxime groups is 1. The fourth-order valence-electron chi connectivity index (χ4n) is 2.32. The first kappa shape index (κ1) is 19.5. The molecular formula is C19H21F2NO4. The molecule has 0 radical (unpaired) electrons. The molecule has 0 unspecified atom stereocenters. The van der Waals surface area contributed by atoms with Crippen molar-refractivity contribution in [2.45, 2.75) is 20.5 Å². The summed E-state index contributed by atoms with van der Waals surface area (Å²) >= 11 is 0. The van der Waals surface area contributed by atoms with Crippen LogP contribution < -0.4 is 14.2 Å². The Hall–Kier alpha value is -2.83. The van der Waals surface area contributed by atoms with Gasteiger partial charge in [-0.3, -0.25) is 0 Å². The van der Waals surface area contributed by atoms with E-state index in [9.17, 15) is 8.78 Å². The van der Waals surface area contributed by atoms with Crippen LogP contribution in [0.15, 0.2) is 41.6 Å². The highest BCUT2D eigenvalue weighted by Gasteiger charge is 2.10. The third-order valence-corrected chi connectivity index (χ3v) is 3.51. The highest BCUT2D eigenvalue weighted by molar-refractivity contribution is 5.80. The van der Waals surface area contributed by atoms with Crippen molar-refractivity contribution in [3.8, 4) is 17.2 Å². The minimum Gasteiger partial charge on any atom is -0.493 e. The molecular weight excluding hydrogens is 344 g/mol. The van der Waals surface area contributed by atoms with E-state index in [0.717, 1.165) is 16.9 Å². The van der Waals surface area contributed by atoms with Crippen LogP contribution in [0.3, 0.4) is 0 Å². The Morgan fingerprint density at radius 1 is 1.04 bits per heavy atom. The number of aryl methyl sites for hydroxylation is 2. The van der Waals surface area contributed by atoms with Crippen LogP contribution in [-0.2, 0) is 4.84 Å². The maximum atomic E-state index is 12.3. The zero-order valence-corrected chi connectivity index (χ0v) is 14.9. The fourth-order valence-corrected chi connectivity index (χ4v) is 2.32. The predicted octanol–water partition coefficient (Wildman–Crippen LogP) is 4.34. The summed E-state index contributed by atoms with van der Waals surface area (Å²) in [5, 5.41) is 3.83. The van der Waals surface area contributed by atoms with E-state index in [1.807, 2.05) is 32.0 Å². The SMILES string of the molecule is COc1cc(C=NOCCOc2c(C)cccc2C)ccc1OC(F)F. The Kier molecular flexibility index (Phi) is 7.20. The number of alkyl halides is 2. The average molecular weight is 365 g/mol. The lowest BCUT2D eigenvalue weighted by Gasteiger charge is -2.11. The summed E-state index contributed by atoms with van der Waals surface area (Å²) in [7, 11) is 1.37. The van der Waals surface area contributed by atoms with Crippen LogP contribution in [-0.4, -0.2) is 33.1 Å². The molecule has 0 saturated heterocycles. The molecule has 0 aliphatic carbocycles. The van der Waals surface area contributed by atoms with Gasteiger partial charge >= 0.3 is 6.61 Å². The number of benzene rings is 2. The van der Waals surface area contributed by atoms with Gasteiger partial charge in [-0.15, -0.1) is 0 Å². The molecule has 0 fully saturated rings. The molecule has 0 aromatic heterocycles. The van der Waals surface area contributed by atoms with E-state index < -0.39 is 6.61 Å². The van der Waals surface area contributed by atoms with Crippen LogP contribution in [0.2, 0.25) is 0 Å². The van der Waals surface area contributed by atoms with Crippen molar-refractivity contribution in [1.82, 2.24) is 0 Å². The quantitative estimate of drug-likeness (QED) is 0.377. The van der Waals surface area contributed by atoms with Gasteiger partial charge in [-0.05, 0) is 43.2 Å². The van der Waals surface area contributed by atoms with Gasteiger partial charge in [0.25, 0.3) is 0 Å². The fraction of sp³-hybridized carbons (Fsp3) is 0.316. The zero-order valence-electron chi connectivity index (χ0n) is 14.9. The molecule has 0 bridgehead atoms. The van der Waals surface area contributed by atoms with Gasteiger partial charge in [0, 0.05) is 5.56 Å². The van der Waals surface area contributed by atoms with Gasteiger partial charge in [-0.25, -0.2) is 0 Å². The Labute approximate surface area is 151 Å². The molecule has 2 aromatic carbocycles. The summed E-state index contributed by atoms with van der Waals surface area (Å²) in [5.74, 6) is 0.995. The summed E-state index contributed by atoms with van der Waals surface area (Å²) in [6.07, 6.45) is 1.45. The largest absolute Gasteiger partial charge is 0.493 e. The lowest BCUT2D eigenvalue weighted by atomic mass is 10.1. The van der Waals surface area contributed by atoms with Crippen molar-refractivity contribution < 1.29 is 27.8 Å². The highest BCUT2D eigenvalue weighted by atomic mass is 19.3. The molecule has 26 heavy (non-hydrogen) atoms. The Bertz CT molecular complexity index is 730. The average Bonchev–Trinajstić information content (AvgIpc) is 2.60. The molecule has 2 rings (SSSR count). The Balaban J connectivity index is 1.83. The third-order valence-electron chi connectivity index (χ3n) is 3.51. The van der Waals surface area contributed by atoms with Gasteiger partial charge in [-0.1, -0.05) is 23.4 Å². The summed E-state index contributed by atoms with van der Waals surface area (Å²) in [5.41, 5.74) is 2.75. The minimum atomic E-state index is -2.91. The van der Waals surface area contributed by atoms with Crippen molar-refractivity contribution in [3.63, 3.8) is 0 Å². The summed E-state index contributed by atoms with van der Waals surface area (Å²) in [6, 6.07) is 10.4. The van der Waals surface area contributed by atoms with Crippen molar-refractivity contribution in [3.05, 3.63) is 53.1 Å². The normalized spacial score (nSPS) is 11.0. The number of rotatable bonds is 9. The molecule has 0 aliphatic rings. The first-order valence-corrected chi connectivity index (χ1v) is 7.98. The number of nitrogens with zero attached hydrogens (tertiary/aromatic N) is 1. The van der Waals surface area contributed by atoms with E-state index in [1.165, 1.54) is 25.5 Å². The monoisotopic (exact) mass is 365 g/mol. The summed E-state index contributed by atoms with van der Waals surface area (Å²) in [6.45, 7) is 1.68. The number of ether oxygens (including phenoxy) is 3. The topological polar surface area (TPSA) is 49.3 Å². The van der Waals surface area contributed by atoms with E-state index >= 15 is 0 Å². The van der Waals surface area contributed by atoms with Gasteiger partial charge in [0.2, 0.25) is 0 Å². The first-order valence-electron chi connectivity index (χ1n) is 7.98. The molecule has 7 heteroatoms. The minimum absolute atomic E-state index is 0.0393. The van der Waals surface area contributed by atoms with E-state index in [0.29, 0.717) is 12.2 Å². The van der Waals surface area contributed by atoms with Crippen molar-refractivity contribution in [1.29, 1.82) is 0 Å². The van der Waals surface area contributed by atoms with E-state index in [4.69, 9.17) is 14.3 Å². The van der Waals surface area contributed by atoms with Gasteiger partial charge in [-0.2, -0.15) is 8.78 Å². The van der Waals surface area contributed by atoms with Gasteiger partial charge < -0.3 is 19.0 Å². The van der Waals surface area contributed by atoms with E-state index in [-0.39, 0.29) is 18.1 Å². The van der Waals surface area contributed by atoms with Crippen molar-refractivity contribution >= 4 is 6.21 Å². The highest BCUT2D eigenvalue weighted by Crippen LogP contribution is 2.29. The number of halogens is 2. The Morgan fingerprint density at radius 2 is 1.77 bits per heavy atom. The second-order valence-electron chi connectivity index (χ2n) is 5.43.